The number of fused-ring (bicyclic) bond motifs is 18. The normalized spacial score (nSPS) is 16.7. The second kappa shape index (κ2) is 7.12. The SMILES string of the molecule is Brc1ccc2[nH]c3c4c(ccc3c2c1)[C@]1(c2ccccc2-c2c1ccc1c2[nH]c2ccccc21)c1ccccc1-4. The van der Waals surface area contributed by atoms with Crippen LogP contribution in [0.5, 0.6) is 0 Å². The fourth-order valence-electron chi connectivity index (χ4n) is 7.97. The van der Waals surface area contributed by atoms with E-state index in [0.717, 1.165) is 9.99 Å². The van der Waals surface area contributed by atoms with Gasteiger partial charge in [0.05, 0.1) is 16.4 Å². The van der Waals surface area contributed by atoms with E-state index in [1.807, 2.05) is 0 Å². The molecule has 3 heteroatoms. The molecule has 2 aromatic heterocycles. The molecule has 40 heavy (non-hydrogen) atoms. The summed E-state index contributed by atoms with van der Waals surface area (Å²) in [5, 5.41) is 5.07. The molecule has 0 fully saturated rings. The lowest BCUT2D eigenvalue weighted by atomic mass is 9.70. The van der Waals surface area contributed by atoms with Gasteiger partial charge >= 0.3 is 0 Å². The Morgan fingerprint density at radius 3 is 1.68 bits per heavy atom. The standard InChI is InChI=1S/C37H21BrN2/c38-20-13-18-32-26(19-20)23-15-17-30-34(36(23)40-32)25-9-2-5-11-28(25)37(30)27-10-4-1-8-24(27)33-29(37)16-14-22-21-7-3-6-12-31(21)39-35(22)33/h1-19,39-40H/t37-/m1/s1. The Morgan fingerprint density at radius 2 is 1.00 bits per heavy atom. The van der Waals surface area contributed by atoms with Gasteiger partial charge in [-0.3, -0.25) is 0 Å². The molecule has 6 aromatic carbocycles. The Hall–Kier alpha value is -4.60. The molecule has 2 heterocycles. The topological polar surface area (TPSA) is 31.6 Å². The number of hydrogen-bond acceptors (Lipinski definition) is 0. The number of para-hydroxylation sites is 1. The maximum Gasteiger partial charge on any atom is 0.0727 e. The van der Waals surface area contributed by atoms with Gasteiger partial charge in [-0.15, -0.1) is 0 Å². The van der Waals surface area contributed by atoms with Crippen LogP contribution < -0.4 is 0 Å². The average molecular weight is 573 g/mol. The van der Waals surface area contributed by atoms with E-state index in [9.17, 15) is 0 Å². The zero-order chi connectivity index (χ0) is 26.2. The smallest absolute Gasteiger partial charge is 0.0727 e. The van der Waals surface area contributed by atoms with E-state index in [2.05, 4.69) is 141 Å². The number of H-pyrrole nitrogens is 2. The predicted octanol–water partition coefficient (Wildman–Crippen LogP) is 10.1. The highest BCUT2D eigenvalue weighted by Crippen LogP contribution is 2.64. The number of hydrogen-bond donors (Lipinski definition) is 2. The van der Waals surface area contributed by atoms with Crippen LogP contribution in [0.15, 0.2) is 120 Å². The van der Waals surface area contributed by atoms with Crippen LogP contribution in [-0.4, -0.2) is 9.97 Å². The minimum absolute atomic E-state index is 0.380. The lowest BCUT2D eigenvalue weighted by Gasteiger charge is -2.30. The largest absolute Gasteiger partial charge is 0.354 e. The minimum Gasteiger partial charge on any atom is -0.354 e. The highest BCUT2D eigenvalue weighted by atomic mass is 79.9. The van der Waals surface area contributed by atoms with Crippen LogP contribution in [0, 0.1) is 0 Å². The maximum absolute atomic E-state index is 3.82. The second-order valence-corrected chi connectivity index (χ2v) is 12.1. The molecule has 0 unspecified atom stereocenters. The van der Waals surface area contributed by atoms with Gasteiger partial charge in [-0.2, -0.15) is 0 Å². The highest BCUT2D eigenvalue weighted by molar-refractivity contribution is 9.10. The lowest BCUT2D eigenvalue weighted by molar-refractivity contribution is 0.795. The molecule has 1 spiro atoms. The molecule has 0 saturated carbocycles. The summed E-state index contributed by atoms with van der Waals surface area (Å²) >= 11 is 3.69. The second-order valence-electron chi connectivity index (χ2n) is 11.1. The number of halogens is 1. The number of benzene rings is 6. The van der Waals surface area contributed by atoms with Gasteiger partial charge in [0.25, 0.3) is 0 Å². The minimum atomic E-state index is -0.380. The van der Waals surface area contributed by atoms with Crippen LogP contribution in [0.2, 0.25) is 0 Å². The molecule has 0 radical (unpaired) electrons. The van der Waals surface area contributed by atoms with Crippen LogP contribution in [0.1, 0.15) is 22.3 Å². The summed E-state index contributed by atoms with van der Waals surface area (Å²) in [6.45, 7) is 0. The Bertz CT molecular complexity index is 2410. The molecule has 186 valence electrons. The Morgan fingerprint density at radius 1 is 0.450 bits per heavy atom. The monoisotopic (exact) mass is 572 g/mol. The zero-order valence-corrected chi connectivity index (χ0v) is 22.9. The summed E-state index contributed by atoms with van der Waals surface area (Å²) in [5.74, 6) is 0. The Labute approximate surface area is 238 Å². The summed E-state index contributed by atoms with van der Waals surface area (Å²) in [6, 6.07) is 42.7. The van der Waals surface area contributed by atoms with Crippen LogP contribution in [0.4, 0.5) is 0 Å². The molecule has 1 atom stereocenters. The summed E-state index contributed by atoms with van der Waals surface area (Å²) in [7, 11) is 0. The summed E-state index contributed by atoms with van der Waals surface area (Å²) in [4.78, 5) is 7.64. The lowest BCUT2D eigenvalue weighted by Crippen LogP contribution is -2.25. The van der Waals surface area contributed by atoms with E-state index in [-0.39, 0.29) is 5.41 Å². The van der Waals surface area contributed by atoms with Crippen molar-refractivity contribution in [1.29, 1.82) is 0 Å². The molecule has 0 amide bonds. The van der Waals surface area contributed by atoms with E-state index < -0.39 is 0 Å². The number of rotatable bonds is 0. The third-order valence-electron chi connectivity index (χ3n) is 9.43. The van der Waals surface area contributed by atoms with Gasteiger partial charge in [-0.25, -0.2) is 0 Å². The van der Waals surface area contributed by atoms with Crippen molar-refractivity contribution < 1.29 is 0 Å². The molecule has 2 aliphatic carbocycles. The molecule has 8 aromatic rings. The third-order valence-corrected chi connectivity index (χ3v) is 9.92. The van der Waals surface area contributed by atoms with Crippen LogP contribution in [0.3, 0.4) is 0 Å². The first-order valence-electron chi connectivity index (χ1n) is 13.7. The summed E-state index contributed by atoms with van der Waals surface area (Å²) < 4.78 is 1.10. The van der Waals surface area contributed by atoms with Crippen molar-refractivity contribution in [1.82, 2.24) is 9.97 Å². The van der Waals surface area contributed by atoms with Crippen LogP contribution in [-0.2, 0) is 5.41 Å². The van der Waals surface area contributed by atoms with Crippen molar-refractivity contribution in [2.45, 2.75) is 5.41 Å². The predicted molar refractivity (Wildman–Crippen MR) is 169 cm³/mol. The molecular weight excluding hydrogens is 552 g/mol. The molecule has 0 aliphatic heterocycles. The molecule has 0 saturated heterocycles. The number of nitrogens with one attached hydrogen (secondary N) is 2. The first-order chi connectivity index (χ1) is 19.7. The Kier molecular flexibility index (Phi) is 3.78. The van der Waals surface area contributed by atoms with Crippen molar-refractivity contribution in [3.63, 3.8) is 0 Å². The average Bonchev–Trinajstić information content (AvgIpc) is 3.71. The van der Waals surface area contributed by atoms with E-state index in [0.29, 0.717) is 0 Å². The molecule has 10 rings (SSSR count). The number of aromatic nitrogens is 2. The molecule has 2 aliphatic rings. The van der Waals surface area contributed by atoms with Crippen molar-refractivity contribution in [2.75, 3.05) is 0 Å². The van der Waals surface area contributed by atoms with Crippen molar-refractivity contribution in [2.24, 2.45) is 0 Å². The van der Waals surface area contributed by atoms with E-state index in [1.165, 1.54) is 82.6 Å². The van der Waals surface area contributed by atoms with Gasteiger partial charge in [-0.1, -0.05) is 107 Å². The van der Waals surface area contributed by atoms with Crippen molar-refractivity contribution in [3.05, 3.63) is 142 Å². The van der Waals surface area contributed by atoms with Gasteiger partial charge < -0.3 is 9.97 Å². The fourth-order valence-corrected chi connectivity index (χ4v) is 8.33. The Balaban J connectivity index is 1.41. The highest BCUT2D eigenvalue weighted by Gasteiger charge is 2.52. The van der Waals surface area contributed by atoms with Crippen molar-refractivity contribution in [3.8, 4) is 22.3 Å². The third kappa shape index (κ3) is 2.30. The first-order valence-corrected chi connectivity index (χ1v) is 14.5. The molecule has 2 nitrogen and oxygen atoms in total. The van der Waals surface area contributed by atoms with Gasteiger partial charge in [0, 0.05) is 48.2 Å². The fraction of sp³-hybridized carbons (Fsp3) is 0.0270. The quantitative estimate of drug-likeness (QED) is 0.181. The van der Waals surface area contributed by atoms with Gasteiger partial charge in [0.15, 0.2) is 0 Å². The molecular formula is C37H21BrN2. The van der Waals surface area contributed by atoms with Crippen LogP contribution in [0.25, 0.3) is 65.9 Å². The summed E-state index contributed by atoms with van der Waals surface area (Å²) in [5.41, 5.74) is 15.1. The van der Waals surface area contributed by atoms with Gasteiger partial charge in [0.1, 0.15) is 0 Å². The summed E-state index contributed by atoms with van der Waals surface area (Å²) in [6.07, 6.45) is 0. The first kappa shape index (κ1) is 21.2. The van der Waals surface area contributed by atoms with E-state index in [4.69, 9.17) is 0 Å². The zero-order valence-electron chi connectivity index (χ0n) is 21.3. The molecule has 2 N–H and O–H groups in total. The maximum atomic E-state index is 3.82. The van der Waals surface area contributed by atoms with E-state index in [1.54, 1.807) is 0 Å². The van der Waals surface area contributed by atoms with Crippen LogP contribution >= 0.6 is 15.9 Å². The molecule has 0 bridgehead atoms. The van der Waals surface area contributed by atoms with Gasteiger partial charge in [0.2, 0.25) is 0 Å². The van der Waals surface area contributed by atoms with Gasteiger partial charge in [-0.05, 0) is 57.6 Å². The number of aromatic amines is 2. The van der Waals surface area contributed by atoms with E-state index >= 15 is 0 Å². The van der Waals surface area contributed by atoms with Crippen molar-refractivity contribution >= 4 is 59.5 Å².